The summed E-state index contributed by atoms with van der Waals surface area (Å²) in [5.41, 5.74) is 6.12. The number of hydrogen-bond donors (Lipinski definition) is 2. The Morgan fingerprint density at radius 1 is 1.24 bits per heavy atom. The molecule has 4 saturated carbocycles. The van der Waals surface area contributed by atoms with Crippen molar-refractivity contribution in [3.8, 4) is 0 Å². The van der Waals surface area contributed by atoms with Crippen molar-refractivity contribution in [2.75, 3.05) is 6.54 Å². The third kappa shape index (κ3) is 2.50. The molecule has 0 unspecified atom stereocenters. The maximum absolute atomic E-state index is 12.5. The molecule has 0 spiro atoms. The summed E-state index contributed by atoms with van der Waals surface area (Å²) in [6, 6.07) is 0.393. The highest BCUT2D eigenvalue weighted by atomic mass is 32.1. The Morgan fingerprint density at radius 2 is 1.90 bits per heavy atom. The third-order valence-electron chi connectivity index (χ3n) is 5.67. The first kappa shape index (κ1) is 13.7. The Hall–Kier alpha value is -0.940. The number of amides is 1. The van der Waals surface area contributed by atoms with Crippen molar-refractivity contribution in [3.63, 3.8) is 0 Å². The van der Waals surface area contributed by atoms with Crippen LogP contribution >= 0.6 is 11.3 Å². The van der Waals surface area contributed by atoms with Gasteiger partial charge in [-0.2, -0.15) is 0 Å². The van der Waals surface area contributed by atoms with Crippen molar-refractivity contribution in [3.05, 3.63) is 16.1 Å². The Bertz CT molecular complexity index is 513. The van der Waals surface area contributed by atoms with E-state index in [1.54, 1.807) is 11.3 Å². The van der Waals surface area contributed by atoms with Gasteiger partial charge in [0, 0.05) is 17.8 Å². The first-order valence-electron chi connectivity index (χ1n) is 8.18. The average Bonchev–Trinajstić information content (AvgIpc) is 2.91. The van der Waals surface area contributed by atoms with Gasteiger partial charge in [0.25, 0.3) is 5.91 Å². The lowest BCUT2D eigenvalue weighted by Crippen LogP contribution is -2.55. The monoisotopic (exact) mass is 305 g/mol. The van der Waals surface area contributed by atoms with E-state index in [9.17, 15) is 4.79 Å². The lowest BCUT2D eigenvalue weighted by Gasteiger charge is -2.54. The maximum Gasteiger partial charge on any atom is 0.270 e. The second-order valence-corrected chi connectivity index (χ2v) is 8.04. The average molecular weight is 305 g/mol. The molecular weight excluding hydrogens is 282 g/mol. The molecular formula is C16H23N3OS. The van der Waals surface area contributed by atoms with Gasteiger partial charge in [-0.25, -0.2) is 4.98 Å². The van der Waals surface area contributed by atoms with Gasteiger partial charge in [0.15, 0.2) is 0 Å². The number of carbonyl (C=O) groups excluding carboxylic acids is 1. The largest absolute Gasteiger partial charge is 0.347 e. The molecule has 0 radical (unpaired) electrons. The van der Waals surface area contributed by atoms with Crippen molar-refractivity contribution >= 4 is 17.2 Å². The van der Waals surface area contributed by atoms with Gasteiger partial charge < -0.3 is 11.1 Å². The smallest absolute Gasteiger partial charge is 0.270 e. The topological polar surface area (TPSA) is 68.0 Å². The van der Waals surface area contributed by atoms with Crippen LogP contribution in [0.4, 0.5) is 0 Å². The van der Waals surface area contributed by atoms with E-state index in [0.29, 0.717) is 30.1 Å². The minimum atomic E-state index is 0.0204. The quantitative estimate of drug-likeness (QED) is 0.896. The second kappa shape index (κ2) is 5.36. The third-order valence-corrected chi connectivity index (χ3v) is 6.58. The molecule has 4 aliphatic carbocycles. The number of aromatic nitrogens is 1. The molecule has 5 rings (SSSR count). The summed E-state index contributed by atoms with van der Waals surface area (Å²) in [6.07, 6.45) is 7.51. The fourth-order valence-electron chi connectivity index (χ4n) is 5.04. The zero-order valence-electron chi connectivity index (χ0n) is 12.3. The van der Waals surface area contributed by atoms with Crippen molar-refractivity contribution in [1.29, 1.82) is 0 Å². The summed E-state index contributed by atoms with van der Waals surface area (Å²) in [5.74, 6) is 3.33. The Kier molecular flexibility index (Phi) is 3.50. The van der Waals surface area contributed by atoms with Gasteiger partial charge in [0.2, 0.25) is 0 Å². The highest BCUT2D eigenvalue weighted by Crippen LogP contribution is 2.53. The van der Waals surface area contributed by atoms with Crippen molar-refractivity contribution in [2.45, 2.75) is 44.6 Å². The molecule has 1 aromatic rings. The predicted octanol–water partition coefficient (Wildman–Crippen LogP) is 2.20. The Labute approximate surface area is 129 Å². The molecule has 1 heterocycles. The second-order valence-electron chi connectivity index (χ2n) is 7.10. The summed E-state index contributed by atoms with van der Waals surface area (Å²) < 4.78 is 0. The van der Waals surface area contributed by atoms with E-state index in [-0.39, 0.29) is 5.91 Å². The molecule has 4 bridgehead atoms. The van der Waals surface area contributed by atoms with Crippen molar-refractivity contribution < 1.29 is 4.79 Å². The van der Waals surface area contributed by atoms with Crippen LogP contribution in [0.15, 0.2) is 5.38 Å². The Morgan fingerprint density at radius 3 is 2.52 bits per heavy atom. The van der Waals surface area contributed by atoms with Crippen molar-refractivity contribution in [1.82, 2.24) is 10.3 Å². The van der Waals surface area contributed by atoms with Crippen LogP contribution in [0.5, 0.6) is 0 Å². The SMILES string of the molecule is NCCc1nc(C(=O)NC2C3CC4CC(C3)CC2C4)cs1. The number of nitrogens with two attached hydrogens (primary N) is 1. The molecule has 4 nitrogen and oxygen atoms in total. The fraction of sp³-hybridized carbons (Fsp3) is 0.750. The van der Waals surface area contributed by atoms with Gasteiger partial charge in [-0.05, 0) is 62.3 Å². The number of hydrogen-bond acceptors (Lipinski definition) is 4. The molecule has 4 fully saturated rings. The van der Waals surface area contributed by atoms with Crippen LogP contribution < -0.4 is 11.1 Å². The molecule has 0 saturated heterocycles. The van der Waals surface area contributed by atoms with Crippen LogP contribution in [-0.4, -0.2) is 23.5 Å². The summed E-state index contributed by atoms with van der Waals surface area (Å²) in [4.78, 5) is 16.9. The van der Waals surface area contributed by atoms with Crippen LogP contribution in [0, 0.1) is 23.7 Å². The normalized spacial score (nSPS) is 36.9. The highest BCUT2D eigenvalue weighted by molar-refractivity contribution is 7.09. The summed E-state index contributed by atoms with van der Waals surface area (Å²) in [7, 11) is 0. The molecule has 0 aliphatic heterocycles. The molecule has 3 N–H and O–H groups in total. The standard InChI is InChI=1S/C16H23N3OS/c17-2-1-14-18-13(8-21-14)16(20)19-15-11-4-9-3-10(6-11)7-12(15)5-9/h8-12,15H,1-7,17H2,(H,19,20). The molecule has 0 aromatic carbocycles. The van der Waals surface area contributed by atoms with E-state index >= 15 is 0 Å². The van der Waals surface area contributed by atoms with Gasteiger partial charge in [0.1, 0.15) is 5.69 Å². The van der Waals surface area contributed by atoms with Crippen molar-refractivity contribution in [2.24, 2.45) is 29.4 Å². The fourth-order valence-corrected chi connectivity index (χ4v) is 5.83. The van der Waals surface area contributed by atoms with E-state index in [2.05, 4.69) is 10.3 Å². The van der Waals surface area contributed by atoms with Gasteiger partial charge in [0.05, 0.1) is 5.01 Å². The number of rotatable bonds is 4. The summed E-state index contributed by atoms with van der Waals surface area (Å²) >= 11 is 1.54. The maximum atomic E-state index is 12.5. The lowest BCUT2D eigenvalue weighted by molar-refractivity contribution is -0.0120. The molecule has 1 amide bonds. The van der Waals surface area contributed by atoms with Gasteiger partial charge in [-0.1, -0.05) is 0 Å². The van der Waals surface area contributed by atoms with Gasteiger partial charge in [-0.15, -0.1) is 11.3 Å². The molecule has 21 heavy (non-hydrogen) atoms. The summed E-state index contributed by atoms with van der Waals surface area (Å²) in [5, 5.41) is 6.14. The zero-order chi connectivity index (χ0) is 14.4. The highest BCUT2D eigenvalue weighted by Gasteiger charge is 2.48. The Balaban J connectivity index is 1.44. The van der Waals surface area contributed by atoms with Crippen LogP contribution in [0.1, 0.15) is 47.6 Å². The van der Waals surface area contributed by atoms with E-state index < -0.39 is 0 Å². The lowest BCUT2D eigenvalue weighted by atomic mass is 9.54. The number of nitrogens with zero attached hydrogens (tertiary/aromatic N) is 1. The van der Waals surface area contributed by atoms with Gasteiger partial charge >= 0.3 is 0 Å². The molecule has 1 aromatic heterocycles. The van der Waals surface area contributed by atoms with E-state index in [4.69, 9.17) is 5.73 Å². The number of carbonyl (C=O) groups is 1. The number of nitrogens with one attached hydrogen (secondary N) is 1. The number of thiazole rings is 1. The first-order chi connectivity index (χ1) is 10.2. The minimum Gasteiger partial charge on any atom is -0.347 e. The van der Waals surface area contributed by atoms with E-state index in [0.717, 1.165) is 23.3 Å². The molecule has 5 heteroatoms. The molecule has 0 atom stereocenters. The van der Waals surface area contributed by atoms with Crippen LogP contribution in [0.25, 0.3) is 0 Å². The van der Waals surface area contributed by atoms with E-state index in [1.807, 2.05) is 5.38 Å². The molecule has 4 aliphatic rings. The van der Waals surface area contributed by atoms with Crippen LogP contribution in [-0.2, 0) is 6.42 Å². The van der Waals surface area contributed by atoms with Gasteiger partial charge in [-0.3, -0.25) is 4.79 Å². The molecule has 114 valence electrons. The minimum absolute atomic E-state index is 0.0204. The summed E-state index contributed by atoms with van der Waals surface area (Å²) in [6.45, 7) is 0.587. The zero-order valence-corrected chi connectivity index (χ0v) is 13.1. The van der Waals surface area contributed by atoms with E-state index in [1.165, 1.54) is 32.1 Å². The van der Waals surface area contributed by atoms with Crippen LogP contribution in [0.2, 0.25) is 0 Å². The first-order valence-corrected chi connectivity index (χ1v) is 9.06. The van der Waals surface area contributed by atoms with Crippen LogP contribution in [0.3, 0.4) is 0 Å². The predicted molar refractivity (Wildman–Crippen MR) is 83.2 cm³/mol.